The highest BCUT2D eigenvalue weighted by atomic mass is 19.3. The van der Waals surface area contributed by atoms with Gasteiger partial charge in [-0.05, 0) is 37.5 Å². The molecule has 8 heteroatoms. The predicted octanol–water partition coefficient (Wildman–Crippen LogP) is 2.28. The van der Waals surface area contributed by atoms with E-state index < -0.39 is 24.4 Å². The van der Waals surface area contributed by atoms with Crippen LogP contribution in [0.5, 0.6) is 11.5 Å². The summed E-state index contributed by atoms with van der Waals surface area (Å²) in [6, 6.07) is 3.66. The minimum atomic E-state index is -2.99. The fourth-order valence-corrected chi connectivity index (χ4v) is 2.61. The van der Waals surface area contributed by atoms with Gasteiger partial charge in [-0.1, -0.05) is 0 Å². The van der Waals surface area contributed by atoms with E-state index >= 15 is 0 Å². The maximum atomic E-state index is 12.3. The lowest BCUT2D eigenvalue weighted by Crippen LogP contribution is -2.33. The first-order chi connectivity index (χ1) is 10.9. The quantitative estimate of drug-likeness (QED) is 0.836. The number of ether oxygens (including phenoxy) is 2. The molecule has 0 radical (unpaired) electrons. The molecule has 126 valence electrons. The number of hydrogen-bond acceptors (Lipinski definition) is 4. The van der Waals surface area contributed by atoms with Gasteiger partial charge in [0, 0.05) is 11.6 Å². The Morgan fingerprint density at radius 3 is 2.61 bits per heavy atom. The van der Waals surface area contributed by atoms with Crippen molar-refractivity contribution >= 4 is 11.9 Å². The first-order valence-electron chi connectivity index (χ1n) is 7.07. The fraction of sp³-hybridized carbons (Fsp3) is 0.467. The standard InChI is InChI=1S/C15H17F2NO5/c1-22-12-7-8(3-5-11(12)23-15(16)17)13(19)18-10-4-2-9(6-10)14(20)21/h3,5,7,9-10,15H,2,4,6H2,1H3,(H,18,19)(H,20,21)/t9-,10+/m0/s1. The highest BCUT2D eigenvalue weighted by Crippen LogP contribution is 2.30. The summed E-state index contributed by atoms with van der Waals surface area (Å²) < 4.78 is 33.8. The number of aliphatic carboxylic acids is 1. The number of amides is 1. The Labute approximate surface area is 131 Å². The molecule has 0 bridgehead atoms. The van der Waals surface area contributed by atoms with E-state index in [2.05, 4.69) is 10.1 Å². The Morgan fingerprint density at radius 1 is 1.30 bits per heavy atom. The summed E-state index contributed by atoms with van der Waals surface area (Å²) in [6.07, 6.45) is 1.49. The summed E-state index contributed by atoms with van der Waals surface area (Å²) in [5.74, 6) is -1.87. The lowest BCUT2D eigenvalue weighted by Gasteiger charge is -2.14. The molecule has 0 unspecified atom stereocenters. The average molecular weight is 329 g/mol. The number of benzene rings is 1. The summed E-state index contributed by atoms with van der Waals surface area (Å²) in [4.78, 5) is 23.1. The van der Waals surface area contributed by atoms with Crippen LogP contribution in [-0.2, 0) is 4.79 Å². The molecule has 1 aliphatic rings. The predicted molar refractivity (Wildman–Crippen MR) is 75.9 cm³/mol. The third-order valence-corrected chi connectivity index (χ3v) is 3.76. The zero-order chi connectivity index (χ0) is 17.0. The molecule has 1 aliphatic carbocycles. The molecule has 1 saturated carbocycles. The van der Waals surface area contributed by atoms with Crippen molar-refractivity contribution in [2.24, 2.45) is 5.92 Å². The number of carbonyl (C=O) groups excluding carboxylic acids is 1. The maximum Gasteiger partial charge on any atom is 0.387 e. The third kappa shape index (κ3) is 4.30. The lowest BCUT2D eigenvalue weighted by molar-refractivity contribution is -0.141. The SMILES string of the molecule is COc1cc(C(=O)N[C@@H]2CC[C@H](C(=O)O)C2)ccc1OC(F)F. The van der Waals surface area contributed by atoms with Gasteiger partial charge in [0.2, 0.25) is 0 Å². The second kappa shape index (κ2) is 7.26. The highest BCUT2D eigenvalue weighted by molar-refractivity contribution is 5.95. The van der Waals surface area contributed by atoms with Crippen LogP contribution in [0.15, 0.2) is 18.2 Å². The van der Waals surface area contributed by atoms with Gasteiger partial charge in [-0.2, -0.15) is 8.78 Å². The van der Waals surface area contributed by atoms with Gasteiger partial charge < -0.3 is 19.9 Å². The van der Waals surface area contributed by atoms with Crippen LogP contribution in [0.25, 0.3) is 0 Å². The minimum absolute atomic E-state index is 0.0211. The molecule has 1 amide bonds. The van der Waals surface area contributed by atoms with Crippen molar-refractivity contribution in [3.05, 3.63) is 23.8 Å². The summed E-state index contributed by atoms with van der Waals surface area (Å²) in [7, 11) is 1.28. The smallest absolute Gasteiger partial charge is 0.387 e. The zero-order valence-corrected chi connectivity index (χ0v) is 12.4. The van der Waals surface area contributed by atoms with Crippen molar-refractivity contribution in [3.8, 4) is 11.5 Å². The van der Waals surface area contributed by atoms with Gasteiger partial charge in [-0.15, -0.1) is 0 Å². The minimum Gasteiger partial charge on any atom is -0.493 e. The Kier molecular flexibility index (Phi) is 5.36. The first-order valence-corrected chi connectivity index (χ1v) is 7.07. The molecule has 2 rings (SSSR count). The molecule has 0 spiro atoms. The number of hydrogen-bond donors (Lipinski definition) is 2. The van der Waals surface area contributed by atoms with E-state index in [0.717, 1.165) is 0 Å². The van der Waals surface area contributed by atoms with Crippen LogP contribution in [0, 0.1) is 5.92 Å². The van der Waals surface area contributed by atoms with Crippen LogP contribution in [0.1, 0.15) is 29.6 Å². The normalized spacial score (nSPS) is 20.3. The second-order valence-electron chi connectivity index (χ2n) is 5.26. The molecule has 2 atom stereocenters. The number of nitrogens with one attached hydrogen (secondary N) is 1. The molecule has 1 fully saturated rings. The molecular formula is C15H17F2NO5. The first kappa shape index (κ1) is 17.0. The number of carboxylic acids is 1. The van der Waals surface area contributed by atoms with Crippen molar-refractivity contribution in [2.75, 3.05) is 7.11 Å². The number of carbonyl (C=O) groups is 2. The summed E-state index contributed by atoms with van der Waals surface area (Å²) in [5.41, 5.74) is 0.224. The Bertz CT molecular complexity index is 593. The molecule has 0 heterocycles. The van der Waals surface area contributed by atoms with E-state index in [0.29, 0.717) is 19.3 Å². The Balaban J connectivity index is 2.04. The largest absolute Gasteiger partial charge is 0.493 e. The van der Waals surface area contributed by atoms with Crippen LogP contribution < -0.4 is 14.8 Å². The van der Waals surface area contributed by atoms with E-state index in [1.54, 1.807) is 0 Å². The molecular weight excluding hydrogens is 312 g/mol. The van der Waals surface area contributed by atoms with Crippen LogP contribution in [0.3, 0.4) is 0 Å². The zero-order valence-electron chi connectivity index (χ0n) is 12.4. The van der Waals surface area contributed by atoms with Gasteiger partial charge in [0.05, 0.1) is 13.0 Å². The molecule has 2 N–H and O–H groups in total. The third-order valence-electron chi connectivity index (χ3n) is 3.76. The molecule has 6 nitrogen and oxygen atoms in total. The Hall–Kier alpha value is -2.38. The highest BCUT2D eigenvalue weighted by Gasteiger charge is 2.30. The summed E-state index contributed by atoms with van der Waals surface area (Å²) >= 11 is 0. The van der Waals surface area contributed by atoms with Gasteiger partial charge in [0.1, 0.15) is 0 Å². The molecule has 0 saturated heterocycles. The van der Waals surface area contributed by atoms with E-state index in [1.807, 2.05) is 0 Å². The van der Waals surface area contributed by atoms with E-state index in [1.165, 1.54) is 25.3 Å². The van der Waals surface area contributed by atoms with Crippen molar-refractivity contribution in [3.63, 3.8) is 0 Å². The topological polar surface area (TPSA) is 84.9 Å². The van der Waals surface area contributed by atoms with E-state index in [9.17, 15) is 18.4 Å². The Morgan fingerprint density at radius 2 is 2.04 bits per heavy atom. The van der Waals surface area contributed by atoms with Crippen molar-refractivity contribution in [1.29, 1.82) is 0 Å². The molecule has 0 aromatic heterocycles. The van der Waals surface area contributed by atoms with Gasteiger partial charge in [0.25, 0.3) is 5.91 Å². The van der Waals surface area contributed by atoms with Gasteiger partial charge in [-0.25, -0.2) is 0 Å². The van der Waals surface area contributed by atoms with E-state index in [4.69, 9.17) is 9.84 Å². The van der Waals surface area contributed by atoms with E-state index in [-0.39, 0.29) is 23.1 Å². The summed E-state index contributed by atoms with van der Waals surface area (Å²) in [5, 5.41) is 11.7. The maximum absolute atomic E-state index is 12.3. The summed E-state index contributed by atoms with van der Waals surface area (Å²) in [6.45, 7) is -2.99. The van der Waals surface area contributed by atoms with Gasteiger partial charge in [-0.3, -0.25) is 9.59 Å². The van der Waals surface area contributed by atoms with Crippen LogP contribution >= 0.6 is 0 Å². The molecule has 1 aromatic carbocycles. The van der Waals surface area contributed by atoms with Crippen molar-refractivity contribution in [2.45, 2.75) is 31.9 Å². The fourth-order valence-electron chi connectivity index (χ4n) is 2.61. The molecule has 23 heavy (non-hydrogen) atoms. The van der Waals surface area contributed by atoms with Crippen LogP contribution in [-0.4, -0.2) is 36.7 Å². The van der Waals surface area contributed by atoms with Gasteiger partial charge >= 0.3 is 12.6 Å². The van der Waals surface area contributed by atoms with Gasteiger partial charge in [0.15, 0.2) is 11.5 Å². The molecule has 1 aromatic rings. The van der Waals surface area contributed by atoms with Crippen LogP contribution in [0.4, 0.5) is 8.78 Å². The lowest BCUT2D eigenvalue weighted by atomic mass is 10.1. The molecule has 0 aliphatic heterocycles. The number of halogens is 2. The number of alkyl halides is 2. The number of methoxy groups -OCH3 is 1. The monoisotopic (exact) mass is 329 g/mol. The van der Waals surface area contributed by atoms with Crippen LogP contribution in [0.2, 0.25) is 0 Å². The average Bonchev–Trinajstić information content (AvgIpc) is 2.95. The van der Waals surface area contributed by atoms with Crippen molar-refractivity contribution in [1.82, 2.24) is 5.32 Å². The number of carboxylic acid groups (broad SMARTS) is 1. The second-order valence-corrected chi connectivity index (χ2v) is 5.26. The number of rotatable bonds is 6. The van der Waals surface area contributed by atoms with Crippen molar-refractivity contribution < 1.29 is 33.0 Å².